The topological polar surface area (TPSA) is 55.5 Å². The van der Waals surface area contributed by atoms with Crippen molar-refractivity contribution in [2.24, 2.45) is 0 Å². The van der Waals surface area contributed by atoms with Crippen molar-refractivity contribution in [3.63, 3.8) is 0 Å². The van der Waals surface area contributed by atoms with Crippen LogP contribution >= 0.6 is 23.4 Å². The van der Waals surface area contributed by atoms with Gasteiger partial charge in [-0.05, 0) is 38.1 Å². The Balaban J connectivity index is 2.27. The molecule has 2 rings (SSSR count). The van der Waals surface area contributed by atoms with Gasteiger partial charge in [0.2, 0.25) is 0 Å². The molecule has 0 atom stereocenters. The number of aliphatic hydroxyl groups excluding tert-OH is 1. The summed E-state index contributed by atoms with van der Waals surface area (Å²) >= 11 is 7.66. The summed E-state index contributed by atoms with van der Waals surface area (Å²) in [6, 6.07) is 13.5. The molecular formula is C17H20ClNO2S. The molecular weight excluding hydrogens is 318 g/mol. The number of aliphatic hydroxyl groups is 1. The van der Waals surface area contributed by atoms with Crippen LogP contribution in [0.5, 0.6) is 5.75 Å². The molecule has 0 aromatic heterocycles. The lowest BCUT2D eigenvalue weighted by Gasteiger charge is -2.27. The molecule has 0 fully saturated rings. The lowest BCUT2D eigenvalue weighted by atomic mass is 10.0. The molecule has 118 valence electrons. The van der Waals surface area contributed by atoms with Crippen LogP contribution in [0.1, 0.15) is 19.4 Å². The van der Waals surface area contributed by atoms with Gasteiger partial charge in [0.15, 0.2) is 0 Å². The Hall–Kier alpha value is -1.36. The minimum absolute atomic E-state index is 0.00434. The molecule has 0 aliphatic heterocycles. The summed E-state index contributed by atoms with van der Waals surface area (Å²) in [4.78, 5) is 1.05. The van der Waals surface area contributed by atoms with E-state index < -0.39 is 0 Å². The third-order valence-electron chi connectivity index (χ3n) is 3.23. The number of thioether (sulfide) groups is 1. The van der Waals surface area contributed by atoms with Gasteiger partial charge >= 0.3 is 0 Å². The lowest BCUT2D eigenvalue weighted by molar-refractivity contribution is 0.199. The van der Waals surface area contributed by atoms with Crippen LogP contribution in [0.15, 0.2) is 47.4 Å². The Morgan fingerprint density at radius 2 is 1.95 bits per heavy atom. The van der Waals surface area contributed by atoms with E-state index in [1.807, 2.05) is 42.5 Å². The van der Waals surface area contributed by atoms with Crippen LogP contribution in [-0.4, -0.2) is 18.3 Å². The summed E-state index contributed by atoms with van der Waals surface area (Å²) in [5.74, 6) is 0.788. The number of rotatable bonds is 6. The molecule has 0 unspecified atom stereocenters. The number of hydrogen-bond donors (Lipinski definition) is 2. The normalized spacial score (nSPS) is 11.5. The van der Waals surface area contributed by atoms with Crippen LogP contribution in [0.4, 0.5) is 5.69 Å². The molecule has 3 N–H and O–H groups in total. The molecule has 0 saturated carbocycles. The van der Waals surface area contributed by atoms with Gasteiger partial charge in [-0.1, -0.05) is 29.8 Å². The highest BCUT2D eigenvalue weighted by Crippen LogP contribution is 2.45. The van der Waals surface area contributed by atoms with Crippen LogP contribution in [0.25, 0.3) is 0 Å². The molecule has 0 bridgehead atoms. The van der Waals surface area contributed by atoms with Crippen LogP contribution in [-0.2, 0) is 4.75 Å². The zero-order chi connectivity index (χ0) is 16.2. The van der Waals surface area contributed by atoms with Gasteiger partial charge in [0.25, 0.3) is 0 Å². The van der Waals surface area contributed by atoms with Crippen LogP contribution in [0.2, 0.25) is 5.02 Å². The molecule has 3 nitrogen and oxygen atoms in total. The largest absolute Gasteiger partial charge is 0.491 e. The monoisotopic (exact) mass is 337 g/mol. The van der Waals surface area contributed by atoms with E-state index in [4.69, 9.17) is 27.2 Å². The first kappa shape index (κ1) is 17.0. The minimum atomic E-state index is -0.216. The second-order valence-corrected chi connectivity index (χ2v) is 7.47. The van der Waals surface area contributed by atoms with Crippen molar-refractivity contribution in [2.75, 3.05) is 18.9 Å². The minimum Gasteiger partial charge on any atom is -0.491 e. The van der Waals surface area contributed by atoms with E-state index in [1.54, 1.807) is 11.8 Å². The third kappa shape index (κ3) is 4.09. The van der Waals surface area contributed by atoms with Gasteiger partial charge in [-0.2, -0.15) is 0 Å². The SMILES string of the molecule is CC(C)(Sc1ccc(Cl)c(N)c1)c1ccccc1OCCO. The Bertz CT molecular complexity index is 646. The number of anilines is 1. The third-order valence-corrected chi connectivity index (χ3v) is 4.79. The average Bonchev–Trinajstić information content (AvgIpc) is 2.49. The van der Waals surface area contributed by atoms with Gasteiger partial charge < -0.3 is 15.6 Å². The summed E-state index contributed by atoms with van der Waals surface area (Å²) in [7, 11) is 0. The summed E-state index contributed by atoms with van der Waals surface area (Å²) in [5.41, 5.74) is 7.52. The molecule has 2 aromatic rings. The van der Waals surface area contributed by atoms with E-state index in [-0.39, 0.29) is 18.0 Å². The van der Waals surface area contributed by atoms with Crippen molar-refractivity contribution in [1.82, 2.24) is 0 Å². The molecule has 0 heterocycles. The van der Waals surface area contributed by atoms with E-state index in [0.717, 1.165) is 16.2 Å². The maximum atomic E-state index is 8.96. The number of nitrogens with two attached hydrogens (primary N) is 1. The number of benzene rings is 2. The first-order valence-corrected chi connectivity index (χ1v) is 8.20. The molecule has 2 aromatic carbocycles. The number of ether oxygens (including phenoxy) is 1. The predicted molar refractivity (Wildman–Crippen MR) is 93.8 cm³/mol. The van der Waals surface area contributed by atoms with E-state index in [0.29, 0.717) is 10.7 Å². The van der Waals surface area contributed by atoms with E-state index in [9.17, 15) is 0 Å². The van der Waals surface area contributed by atoms with Gasteiger partial charge in [0, 0.05) is 15.2 Å². The van der Waals surface area contributed by atoms with E-state index in [2.05, 4.69) is 13.8 Å². The van der Waals surface area contributed by atoms with E-state index in [1.165, 1.54) is 0 Å². The number of para-hydroxylation sites is 1. The Morgan fingerprint density at radius 1 is 1.23 bits per heavy atom. The second kappa shape index (κ2) is 7.27. The second-order valence-electron chi connectivity index (χ2n) is 5.36. The molecule has 0 spiro atoms. The van der Waals surface area contributed by atoms with Crippen molar-refractivity contribution < 1.29 is 9.84 Å². The maximum Gasteiger partial charge on any atom is 0.124 e. The van der Waals surface area contributed by atoms with Crippen LogP contribution in [0, 0.1) is 0 Å². The summed E-state index contributed by atoms with van der Waals surface area (Å²) in [6.45, 7) is 4.54. The Morgan fingerprint density at radius 3 is 2.64 bits per heavy atom. The van der Waals surface area contributed by atoms with Crippen molar-refractivity contribution >= 4 is 29.1 Å². The average molecular weight is 338 g/mol. The van der Waals surface area contributed by atoms with Gasteiger partial charge in [-0.3, -0.25) is 0 Å². The zero-order valence-corrected chi connectivity index (χ0v) is 14.2. The number of hydrogen-bond acceptors (Lipinski definition) is 4. The first-order valence-electron chi connectivity index (χ1n) is 7.01. The van der Waals surface area contributed by atoms with Gasteiger partial charge in [0.1, 0.15) is 12.4 Å². The zero-order valence-electron chi connectivity index (χ0n) is 12.7. The molecule has 0 amide bonds. The van der Waals surface area contributed by atoms with Crippen molar-refractivity contribution in [3.05, 3.63) is 53.1 Å². The fourth-order valence-corrected chi connectivity index (χ4v) is 3.49. The summed E-state index contributed by atoms with van der Waals surface area (Å²) < 4.78 is 5.43. The van der Waals surface area contributed by atoms with E-state index >= 15 is 0 Å². The molecule has 0 aliphatic carbocycles. The highest BCUT2D eigenvalue weighted by atomic mass is 35.5. The molecule has 22 heavy (non-hydrogen) atoms. The smallest absolute Gasteiger partial charge is 0.124 e. The van der Waals surface area contributed by atoms with Crippen molar-refractivity contribution in [1.29, 1.82) is 0 Å². The van der Waals surface area contributed by atoms with Gasteiger partial charge in [-0.15, -0.1) is 11.8 Å². The highest BCUT2D eigenvalue weighted by molar-refractivity contribution is 8.00. The van der Waals surface area contributed by atoms with Crippen molar-refractivity contribution in [3.8, 4) is 5.75 Å². The number of halogens is 1. The summed E-state index contributed by atoms with van der Waals surface area (Å²) in [6.07, 6.45) is 0. The van der Waals surface area contributed by atoms with Crippen LogP contribution < -0.4 is 10.5 Å². The quantitative estimate of drug-likeness (QED) is 0.609. The van der Waals surface area contributed by atoms with Gasteiger partial charge in [0.05, 0.1) is 17.3 Å². The number of nitrogen functional groups attached to an aromatic ring is 1. The lowest BCUT2D eigenvalue weighted by Crippen LogP contribution is -2.15. The summed E-state index contributed by atoms with van der Waals surface area (Å²) in [5, 5.41) is 9.52. The Labute approximate surface area is 140 Å². The standard InChI is InChI=1S/C17H20ClNO2S/c1-17(2,22-12-7-8-14(18)15(19)11-12)13-5-3-4-6-16(13)21-10-9-20/h3-8,11,20H,9-10,19H2,1-2H3. The molecule has 0 saturated heterocycles. The highest BCUT2D eigenvalue weighted by Gasteiger charge is 2.26. The van der Waals surface area contributed by atoms with Crippen LogP contribution in [0.3, 0.4) is 0 Å². The predicted octanol–water partition coefficient (Wildman–Crippen LogP) is 4.32. The van der Waals surface area contributed by atoms with Gasteiger partial charge in [-0.25, -0.2) is 0 Å². The van der Waals surface area contributed by atoms with Crippen molar-refractivity contribution in [2.45, 2.75) is 23.5 Å². The molecule has 0 radical (unpaired) electrons. The molecule has 0 aliphatic rings. The Kier molecular flexibility index (Phi) is 5.62. The first-order chi connectivity index (χ1) is 10.4. The maximum absolute atomic E-state index is 8.96. The molecule has 5 heteroatoms. The fourth-order valence-electron chi connectivity index (χ4n) is 2.18. The fraction of sp³-hybridized carbons (Fsp3) is 0.294.